The molecular formula is C29H26F2N6O2S2. The van der Waals surface area contributed by atoms with Crippen LogP contribution in [0, 0.1) is 23.0 Å². The minimum Gasteiger partial charge on any atom is -0.384 e. The van der Waals surface area contributed by atoms with Gasteiger partial charge in [-0.2, -0.15) is 5.26 Å². The largest absolute Gasteiger partial charge is 0.384 e. The summed E-state index contributed by atoms with van der Waals surface area (Å²) in [6, 6.07) is 13.1. The van der Waals surface area contributed by atoms with Gasteiger partial charge in [0.15, 0.2) is 10.1 Å². The van der Waals surface area contributed by atoms with Crippen LogP contribution in [-0.2, 0) is 9.59 Å². The second-order valence-electron chi connectivity index (χ2n) is 9.95. The molecule has 1 aromatic heterocycles. The average molecular weight is 593 g/mol. The lowest BCUT2D eigenvalue weighted by Gasteiger charge is -2.38. The van der Waals surface area contributed by atoms with Gasteiger partial charge >= 0.3 is 0 Å². The minimum absolute atomic E-state index is 0.0294. The van der Waals surface area contributed by atoms with Crippen LogP contribution in [0.25, 0.3) is 0 Å². The fraction of sp³-hybridized carbons (Fsp3) is 0.276. The van der Waals surface area contributed by atoms with E-state index in [1.807, 2.05) is 24.3 Å². The number of rotatable bonds is 7. The van der Waals surface area contributed by atoms with E-state index >= 15 is 0 Å². The zero-order chi connectivity index (χ0) is 29.3. The van der Waals surface area contributed by atoms with Crippen LogP contribution >= 0.6 is 23.1 Å². The van der Waals surface area contributed by atoms with E-state index in [0.717, 1.165) is 46.4 Å². The number of thioether (sulfide) groups is 1. The molecule has 1 aliphatic carbocycles. The second kappa shape index (κ2) is 11.8. The van der Waals surface area contributed by atoms with Gasteiger partial charge in [0.2, 0.25) is 11.0 Å². The van der Waals surface area contributed by atoms with E-state index in [4.69, 9.17) is 5.73 Å². The summed E-state index contributed by atoms with van der Waals surface area (Å²) < 4.78 is 27.4. The van der Waals surface area contributed by atoms with Crippen molar-refractivity contribution in [2.75, 3.05) is 16.0 Å². The fourth-order valence-corrected chi connectivity index (χ4v) is 6.65. The highest BCUT2D eigenvalue weighted by Gasteiger charge is 2.41. The number of nitriles is 1. The maximum absolute atomic E-state index is 13.9. The Balaban J connectivity index is 1.41. The highest BCUT2D eigenvalue weighted by atomic mass is 32.2. The molecule has 2 heterocycles. The van der Waals surface area contributed by atoms with E-state index < -0.39 is 23.5 Å². The van der Waals surface area contributed by atoms with Gasteiger partial charge in [0.05, 0.1) is 29.0 Å². The minimum atomic E-state index is -0.873. The van der Waals surface area contributed by atoms with Gasteiger partial charge in [-0.1, -0.05) is 61.2 Å². The number of ketones is 1. The first kappa shape index (κ1) is 28.4. The number of carbonyl (C=O) groups is 2. The molecule has 41 heavy (non-hydrogen) atoms. The topological polar surface area (TPSA) is 125 Å². The van der Waals surface area contributed by atoms with Crippen molar-refractivity contribution in [3.63, 3.8) is 0 Å². The lowest BCUT2D eigenvalue weighted by Crippen LogP contribution is -2.38. The third-order valence-electron chi connectivity index (χ3n) is 6.97. The maximum Gasteiger partial charge on any atom is 0.234 e. The van der Waals surface area contributed by atoms with Crippen molar-refractivity contribution in [2.24, 2.45) is 5.73 Å². The molecule has 0 saturated carbocycles. The molecule has 3 N–H and O–H groups in total. The molecule has 0 fully saturated rings. The molecule has 1 amide bonds. The molecule has 0 saturated heterocycles. The molecule has 1 unspecified atom stereocenters. The number of nitrogens with two attached hydrogens (primary N) is 1. The van der Waals surface area contributed by atoms with Gasteiger partial charge in [0.1, 0.15) is 17.5 Å². The number of aromatic nitrogens is 2. The van der Waals surface area contributed by atoms with Gasteiger partial charge in [-0.25, -0.2) is 8.78 Å². The van der Waals surface area contributed by atoms with Gasteiger partial charge in [-0.3, -0.25) is 14.5 Å². The Morgan fingerprint density at radius 2 is 1.98 bits per heavy atom. The van der Waals surface area contributed by atoms with Crippen molar-refractivity contribution >= 4 is 45.6 Å². The smallest absolute Gasteiger partial charge is 0.234 e. The number of allylic oxidation sites excluding steroid dienone is 3. The van der Waals surface area contributed by atoms with Crippen LogP contribution in [-0.4, -0.2) is 27.6 Å². The number of Topliss-reactive ketones (excluding diaryl/α,β-unsaturated/α-hetero) is 1. The first-order valence-electron chi connectivity index (χ1n) is 12.9. The summed E-state index contributed by atoms with van der Waals surface area (Å²) in [5.41, 5.74) is 9.98. The van der Waals surface area contributed by atoms with E-state index in [-0.39, 0.29) is 28.6 Å². The summed E-state index contributed by atoms with van der Waals surface area (Å²) in [7, 11) is 0. The molecule has 0 radical (unpaired) electrons. The summed E-state index contributed by atoms with van der Waals surface area (Å²) >= 11 is 2.25. The lowest BCUT2D eigenvalue weighted by atomic mass is 9.75. The summed E-state index contributed by atoms with van der Waals surface area (Å²) in [4.78, 5) is 27.3. The molecule has 210 valence electrons. The second-order valence-corrected chi connectivity index (χ2v) is 12.1. The summed E-state index contributed by atoms with van der Waals surface area (Å²) in [6.45, 7) is 4.20. The molecule has 8 nitrogen and oxygen atoms in total. The van der Waals surface area contributed by atoms with Gasteiger partial charge in [-0.05, 0) is 42.0 Å². The standard InChI is InChI=1S/C29H26F2N6O2S2/c1-15(2)16-6-8-17(9-7-16)25-19(13-32)27(33)37(22-4-3-5-23(38)26(22)25)28-35-36-29(41-28)40-14-24(39)34-21-11-10-18(30)12-20(21)31/h6-12,15,25H,3-5,14,33H2,1-2H3,(H,34,39). The Kier molecular flexibility index (Phi) is 8.19. The van der Waals surface area contributed by atoms with Crippen molar-refractivity contribution in [1.82, 2.24) is 10.2 Å². The van der Waals surface area contributed by atoms with Crippen molar-refractivity contribution in [3.8, 4) is 6.07 Å². The Hall–Kier alpha value is -4.08. The number of nitrogens with zero attached hydrogens (tertiary/aromatic N) is 4. The van der Waals surface area contributed by atoms with E-state index in [1.54, 1.807) is 4.90 Å². The normalized spacial score (nSPS) is 17.1. The molecular weight excluding hydrogens is 566 g/mol. The van der Waals surface area contributed by atoms with Crippen molar-refractivity contribution in [1.29, 1.82) is 5.26 Å². The summed E-state index contributed by atoms with van der Waals surface area (Å²) in [5.74, 6) is -2.28. The number of carbonyl (C=O) groups excluding carboxylic acids is 2. The molecule has 2 aliphatic rings. The molecule has 3 aromatic rings. The van der Waals surface area contributed by atoms with Gasteiger partial charge in [0, 0.05) is 23.8 Å². The van der Waals surface area contributed by atoms with Crippen molar-refractivity contribution < 1.29 is 18.4 Å². The summed E-state index contributed by atoms with van der Waals surface area (Å²) in [6.07, 6.45) is 1.60. The van der Waals surface area contributed by atoms with E-state index in [0.29, 0.717) is 52.0 Å². The van der Waals surface area contributed by atoms with Crippen LogP contribution in [0.5, 0.6) is 0 Å². The Labute approximate surface area is 243 Å². The molecule has 0 spiro atoms. The first-order valence-corrected chi connectivity index (χ1v) is 14.7. The third-order valence-corrected chi connectivity index (χ3v) is 9.01. The third kappa shape index (κ3) is 5.73. The van der Waals surface area contributed by atoms with Gasteiger partial charge < -0.3 is 11.1 Å². The van der Waals surface area contributed by atoms with E-state index in [1.165, 1.54) is 0 Å². The maximum atomic E-state index is 13.9. The zero-order valence-corrected chi connectivity index (χ0v) is 23.9. The van der Waals surface area contributed by atoms with Crippen LogP contribution in [0.1, 0.15) is 56.1 Å². The van der Waals surface area contributed by atoms with Crippen molar-refractivity contribution in [3.05, 3.63) is 87.9 Å². The van der Waals surface area contributed by atoms with Gasteiger partial charge in [-0.15, -0.1) is 10.2 Å². The lowest BCUT2D eigenvalue weighted by molar-refractivity contribution is -0.116. The first-order chi connectivity index (χ1) is 19.7. The van der Waals surface area contributed by atoms with Crippen LogP contribution in [0.3, 0.4) is 0 Å². The fourth-order valence-electron chi connectivity index (χ4n) is 4.97. The number of benzene rings is 2. The van der Waals surface area contributed by atoms with Gasteiger partial charge in [0.25, 0.3) is 0 Å². The van der Waals surface area contributed by atoms with E-state index in [9.17, 15) is 23.6 Å². The SMILES string of the molecule is CC(C)c1ccc(C2C(C#N)=C(N)N(c3nnc(SCC(=O)Nc4ccc(F)cc4F)s3)C3=C2C(=O)CCC3)cc1. The predicted octanol–water partition coefficient (Wildman–Crippen LogP) is 5.98. The zero-order valence-electron chi connectivity index (χ0n) is 22.3. The number of nitrogens with one attached hydrogen (secondary N) is 1. The predicted molar refractivity (Wildman–Crippen MR) is 154 cm³/mol. The van der Waals surface area contributed by atoms with Crippen LogP contribution in [0.15, 0.2) is 69.5 Å². The number of hydrogen-bond donors (Lipinski definition) is 2. The van der Waals surface area contributed by atoms with E-state index in [2.05, 4.69) is 35.4 Å². The van der Waals surface area contributed by atoms with Crippen molar-refractivity contribution in [2.45, 2.75) is 49.3 Å². The molecule has 2 aromatic carbocycles. The molecule has 1 atom stereocenters. The Morgan fingerprint density at radius 1 is 1.22 bits per heavy atom. The Bertz CT molecular complexity index is 1620. The number of anilines is 2. The highest BCUT2D eigenvalue weighted by molar-refractivity contribution is 8.01. The number of hydrogen-bond acceptors (Lipinski definition) is 9. The molecule has 12 heteroatoms. The van der Waals surface area contributed by atoms with Crippen LogP contribution in [0.2, 0.25) is 0 Å². The van der Waals surface area contributed by atoms with Crippen LogP contribution in [0.4, 0.5) is 19.6 Å². The van der Waals surface area contributed by atoms with Crippen LogP contribution < -0.4 is 16.0 Å². The highest BCUT2D eigenvalue weighted by Crippen LogP contribution is 2.47. The monoisotopic (exact) mass is 592 g/mol. The molecule has 1 aliphatic heterocycles. The molecule has 0 bridgehead atoms. The number of halogens is 2. The Morgan fingerprint density at radius 3 is 2.66 bits per heavy atom. The quantitative estimate of drug-likeness (QED) is 0.321. The average Bonchev–Trinajstić information content (AvgIpc) is 3.41. The molecule has 5 rings (SSSR count). The summed E-state index contributed by atoms with van der Waals surface area (Å²) in [5, 5.41) is 21.4. The number of amides is 1.